The van der Waals surface area contributed by atoms with Crippen molar-refractivity contribution in [3.63, 3.8) is 0 Å². The molecule has 6 heteroatoms. The fourth-order valence-electron chi connectivity index (χ4n) is 3.88. The second kappa shape index (κ2) is 6.83. The van der Waals surface area contributed by atoms with Crippen molar-refractivity contribution >= 4 is 23.5 Å². The molecule has 0 aromatic heterocycles. The Balaban J connectivity index is 1.85. The first-order valence-electron chi connectivity index (χ1n) is 8.97. The number of carbonyl (C=O) groups is 3. The summed E-state index contributed by atoms with van der Waals surface area (Å²) in [6.45, 7) is 3.85. The number of hydrogen-bond acceptors (Lipinski definition) is 3. The summed E-state index contributed by atoms with van der Waals surface area (Å²) in [6, 6.07) is 5.75. The zero-order chi connectivity index (χ0) is 18.9. The lowest BCUT2D eigenvalue weighted by atomic mass is 9.97. The van der Waals surface area contributed by atoms with E-state index in [1.54, 1.807) is 36.1 Å². The number of rotatable bonds is 4. The van der Waals surface area contributed by atoms with E-state index in [-0.39, 0.29) is 11.8 Å². The number of terminal acetylenes is 1. The maximum absolute atomic E-state index is 13.1. The Hall–Kier alpha value is -2.81. The van der Waals surface area contributed by atoms with Crippen LogP contribution in [0.25, 0.3) is 0 Å². The molecule has 136 valence electrons. The van der Waals surface area contributed by atoms with Crippen LogP contribution < -0.4 is 10.2 Å². The van der Waals surface area contributed by atoms with Gasteiger partial charge in [-0.3, -0.25) is 9.59 Å². The summed E-state index contributed by atoms with van der Waals surface area (Å²) >= 11 is 0. The van der Waals surface area contributed by atoms with Crippen molar-refractivity contribution in [3.05, 3.63) is 29.8 Å². The Morgan fingerprint density at radius 3 is 2.69 bits per heavy atom. The number of nitrogens with one attached hydrogen (secondary N) is 1. The Kier molecular flexibility index (Phi) is 4.73. The molecule has 2 aliphatic rings. The van der Waals surface area contributed by atoms with Gasteiger partial charge in [-0.1, -0.05) is 24.8 Å². The summed E-state index contributed by atoms with van der Waals surface area (Å²) in [4.78, 5) is 41.0. The summed E-state index contributed by atoms with van der Waals surface area (Å²) in [5.74, 6) is 1.96. The molecule has 2 fully saturated rings. The first kappa shape index (κ1) is 18.0. The number of hydrogen-bond donors (Lipinski definition) is 1. The number of likely N-dealkylation sites (N-methyl/N-ethyl adjacent to an activating group) is 1. The summed E-state index contributed by atoms with van der Waals surface area (Å²) in [7, 11) is 0. The molecule has 1 N–H and O–H groups in total. The van der Waals surface area contributed by atoms with Crippen molar-refractivity contribution in [2.24, 2.45) is 0 Å². The third-order valence-electron chi connectivity index (χ3n) is 5.30. The van der Waals surface area contributed by atoms with Gasteiger partial charge in [0, 0.05) is 17.8 Å². The van der Waals surface area contributed by atoms with Crippen LogP contribution in [0, 0.1) is 12.3 Å². The molecule has 0 radical (unpaired) electrons. The fourth-order valence-corrected chi connectivity index (χ4v) is 3.88. The van der Waals surface area contributed by atoms with Crippen molar-refractivity contribution < 1.29 is 14.4 Å². The molecule has 1 aromatic carbocycles. The predicted octanol–water partition coefficient (Wildman–Crippen LogP) is 2.27. The van der Waals surface area contributed by atoms with Gasteiger partial charge in [-0.25, -0.2) is 9.69 Å². The van der Waals surface area contributed by atoms with Gasteiger partial charge in [0.1, 0.15) is 11.6 Å². The lowest BCUT2D eigenvalue weighted by Crippen LogP contribution is -2.51. The minimum Gasteiger partial charge on any atom is -0.323 e. The maximum atomic E-state index is 13.1. The monoisotopic (exact) mass is 353 g/mol. The molecule has 4 amide bonds. The number of nitrogens with zero attached hydrogens (tertiary/aromatic N) is 2. The molecule has 6 nitrogen and oxygen atoms in total. The molecular weight excluding hydrogens is 330 g/mol. The second-order valence-electron chi connectivity index (χ2n) is 6.85. The number of amides is 4. The highest BCUT2D eigenvalue weighted by Crippen LogP contribution is 2.36. The van der Waals surface area contributed by atoms with Gasteiger partial charge in [0.15, 0.2) is 0 Å². The Labute approximate surface area is 153 Å². The lowest BCUT2D eigenvalue weighted by Gasteiger charge is -2.29. The second-order valence-corrected chi connectivity index (χ2v) is 6.85. The molecule has 1 aromatic rings. The van der Waals surface area contributed by atoms with Crippen molar-refractivity contribution in [1.82, 2.24) is 10.2 Å². The van der Waals surface area contributed by atoms with Gasteiger partial charge in [-0.05, 0) is 44.9 Å². The van der Waals surface area contributed by atoms with E-state index in [4.69, 9.17) is 6.42 Å². The van der Waals surface area contributed by atoms with Gasteiger partial charge in [0.2, 0.25) is 5.91 Å². The van der Waals surface area contributed by atoms with E-state index in [1.807, 2.05) is 6.92 Å². The predicted molar refractivity (Wildman–Crippen MR) is 98.4 cm³/mol. The van der Waals surface area contributed by atoms with Crippen molar-refractivity contribution in [1.29, 1.82) is 0 Å². The normalized spacial score (nSPS) is 19.3. The van der Waals surface area contributed by atoms with Gasteiger partial charge in [0.05, 0.1) is 0 Å². The summed E-state index contributed by atoms with van der Waals surface area (Å²) < 4.78 is 0. The van der Waals surface area contributed by atoms with Crippen LogP contribution in [0.2, 0.25) is 0 Å². The third kappa shape index (κ3) is 2.84. The van der Waals surface area contributed by atoms with Crippen LogP contribution >= 0.6 is 0 Å². The van der Waals surface area contributed by atoms with Crippen LogP contribution in [0.5, 0.6) is 0 Å². The zero-order valence-corrected chi connectivity index (χ0v) is 15.1. The van der Waals surface area contributed by atoms with E-state index < -0.39 is 17.6 Å². The van der Waals surface area contributed by atoms with Gasteiger partial charge in [-0.15, -0.1) is 6.42 Å². The van der Waals surface area contributed by atoms with Crippen molar-refractivity contribution in [2.75, 3.05) is 11.4 Å². The van der Waals surface area contributed by atoms with E-state index in [1.165, 1.54) is 0 Å². The topological polar surface area (TPSA) is 69.7 Å². The smallest absolute Gasteiger partial charge is 0.323 e. The Morgan fingerprint density at radius 1 is 1.38 bits per heavy atom. The minimum atomic E-state index is -0.878. The maximum Gasteiger partial charge on any atom is 0.325 e. The van der Waals surface area contributed by atoms with E-state index in [2.05, 4.69) is 11.2 Å². The van der Waals surface area contributed by atoms with Crippen LogP contribution in [0.15, 0.2) is 24.3 Å². The molecule has 1 saturated heterocycles. The zero-order valence-electron chi connectivity index (χ0n) is 15.1. The number of imide groups is 1. The third-order valence-corrected chi connectivity index (χ3v) is 5.30. The molecule has 0 bridgehead atoms. The number of benzene rings is 1. The van der Waals surface area contributed by atoms with Crippen LogP contribution in [0.3, 0.4) is 0 Å². The average Bonchev–Trinajstić information content (AvgIpc) is 3.20. The summed E-state index contributed by atoms with van der Waals surface area (Å²) in [6.07, 6.45) is 8.52. The molecule has 1 spiro atoms. The van der Waals surface area contributed by atoms with E-state index in [9.17, 15) is 14.4 Å². The van der Waals surface area contributed by atoms with E-state index in [0.29, 0.717) is 30.6 Å². The number of anilines is 1. The van der Waals surface area contributed by atoms with Crippen LogP contribution in [0.1, 0.15) is 45.1 Å². The molecule has 1 heterocycles. The van der Waals surface area contributed by atoms with Crippen LogP contribution in [-0.2, 0) is 9.59 Å². The Morgan fingerprint density at radius 2 is 2.08 bits per heavy atom. The van der Waals surface area contributed by atoms with Gasteiger partial charge < -0.3 is 10.2 Å². The van der Waals surface area contributed by atoms with Crippen LogP contribution in [0.4, 0.5) is 10.5 Å². The quantitative estimate of drug-likeness (QED) is 0.667. The molecule has 1 atom stereocenters. The minimum absolute atomic E-state index is 0.283. The molecular formula is C20H23N3O3. The molecule has 1 aliphatic heterocycles. The molecule has 1 aliphatic carbocycles. The van der Waals surface area contributed by atoms with Crippen LogP contribution in [-0.4, -0.2) is 40.9 Å². The summed E-state index contributed by atoms with van der Waals surface area (Å²) in [5, 5.41) is 2.82. The molecule has 3 rings (SSSR count). The van der Waals surface area contributed by atoms with E-state index in [0.717, 1.165) is 17.7 Å². The highest BCUT2D eigenvalue weighted by Gasteiger charge is 2.54. The molecule has 1 saturated carbocycles. The molecule has 1 unspecified atom stereocenters. The first-order valence-corrected chi connectivity index (χ1v) is 8.97. The number of carbonyl (C=O) groups excluding carboxylic acids is 3. The van der Waals surface area contributed by atoms with Gasteiger partial charge in [-0.2, -0.15) is 0 Å². The van der Waals surface area contributed by atoms with Crippen molar-refractivity contribution in [3.8, 4) is 12.3 Å². The highest BCUT2D eigenvalue weighted by molar-refractivity contribution is 6.11. The highest BCUT2D eigenvalue weighted by atomic mass is 16.2. The SMILES string of the molecule is C#Cc1cccc(N(CC)C(=O)C(C)N2C(=O)NC3(CCCC3)C2=O)c1. The largest absolute Gasteiger partial charge is 0.325 e. The Bertz CT molecular complexity index is 790. The van der Waals surface area contributed by atoms with Gasteiger partial charge in [0.25, 0.3) is 5.91 Å². The fraction of sp³-hybridized carbons (Fsp3) is 0.450. The van der Waals surface area contributed by atoms with Crippen molar-refractivity contribution in [2.45, 2.75) is 51.1 Å². The standard InChI is InChI=1S/C20H23N3O3/c1-4-15-9-8-10-16(13-15)22(5-2)17(24)14(3)23-18(25)20(21-19(23)26)11-6-7-12-20/h1,8-10,13-14H,5-7,11-12H2,2-3H3,(H,21,26). The number of urea groups is 1. The first-order chi connectivity index (χ1) is 12.4. The average molecular weight is 353 g/mol. The summed E-state index contributed by atoms with van der Waals surface area (Å²) in [5.41, 5.74) is 0.509. The lowest BCUT2D eigenvalue weighted by molar-refractivity contribution is -0.136. The van der Waals surface area contributed by atoms with E-state index >= 15 is 0 Å². The molecule has 26 heavy (non-hydrogen) atoms. The van der Waals surface area contributed by atoms with Gasteiger partial charge >= 0.3 is 6.03 Å².